The van der Waals surface area contributed by atoms with Crippen LogP contribution < -0.4 is 10.5 Å². The lowest BCUT2D eigenvalue weighted by molar-refractivity contribution is 0.520. The van der Waals surface area contributed by atoms with Gasteiger partial charge >= 0.3 is 0 Å². The standard InChI is InChI=1S/C11H14BrN5O2S/c1-8(6-17-3-2-14-7-17)16-20(18,19)10-4-9(12)5-15-11(10)13/h2-5,7-8,16H,6H2,1H3,(H2,13,15). The summed E-state index contributed by atoms with van der Waals surface area (Å²) in [6.07, 6.45) is 6.47. The van der Waals surface area contributed by atoms with Gasteiger partial charge in [-0.3, -0.25) is 0 Å². The molecule has 2 aromatic rings. The third-order valence-electron chi connectivity index (χ3n) is 2.54. The van der Waals surface area contributed by atoms with Crippen LogP contribution in [0.5, 0.6) is 0 Å². The van der Waals surface area contributed by atoms with Gasteiger partial charge in [0.2, 0.25) is 10.0 Å². The molecule has 1 atom stereocenters. The van der Waals surface area contributed by atoms with Gasteiger partial charge in [-0.15, -0.1) is 0 Å². The summed E-state index contributed by atoms with van der Waals surface area (Å²) in [6, 6.07) is 1.11. The zero-order chi connectivity index (χ0) is 14.8. The van der Waals surface area contributed by atoms with Crippen LogP contribution in [-0.2, 0) is 16.6 Å². The fourth-order valence-corrected chi connectivity index (χ4v) is 3.55. The number of nitrogens with zero attached hydrogens (tertiary/aromatic N) is 3. The molecule has 0 radical (unpaired) electrons. The first-order valence-corrected chi connectivity index (χ1v) is 8.05. The van der Waals surface area contributed by atoms with E-state index in [1.807, 2.05) is 0 Å². The number of halogens is 1. The molecular formula is C11H14BrN5O2S. The van der Waals surface area contributed by atoms with Gasteiger partial charge < -0.3 is 10.3 Å². The Morgan fingerprint density at radius 2 is 2.30 bits per heavy atom. The SMILES string of the molecule is CC(Cn1ccnc1)NS(=O)(=O)c1cc(Br)cnc1N. The van der Waals surface area contributed by atoms with Crippen molar-refractivity contribution in [2.45, 2.75) is 24.4 Å². The minimum absolute atomic E-state index is 0.0319. The van der Waals surface area contributed by atoms with Crippen LogP contribution in [0.3, 0.4) is 0 Å². The van der Waals surface area contributed by atoms with Crippen LogP contribution in [0.15, 0.2) is 40.4 Å². The maximum Gasteiger partial charge on any atom is 0.244 e. The fourth-order valence-electron chi connectivity index (χ4n) is 1.72. The number of nitrogen functional groups attached to an aromatic ring is 1. The number of nitrogens with one attached hydrogen (secondary N) is 1. The number of hydrogen-bond acceptors (Lipinski definition) is 5. The van der Waals surface area contributed by atoms with Gasteiger partial charge in [0.05, 0.1) is 6.33 Å². The maximum absolute atomic E-state index is 12.3. The molecule has 9 heteroatoms. The van der Waals surface area contributed by atoms with Gasteiger partial charge in [0.15, 0.2) is 0 Å². The summed E-state index contributed by atoms with van der Waals surface area (Å²) in [7, 11) is -3.72. The van der Waals surface area contributed by atoms with E-state index in [-0.39, 0.29) is 16.8 Å². The van der Waals surface area contributed by atoms with Crippen molar-refractivity contribution >= 4 is 31.8 Å². The predicted molar refractivity (Wildman–Crippen MR) is 78.4 cm³/mol. The number of rotatable bonds is 5. The summed E-state index contributed by atoms with van der Waals surface area (Å²) in [5, 5.41) is 0. The first-order valence-electron chi connectivity index (χ1n) is 5.77. The quantitative estimate of drug-likeness (QED) is 0.828. The van der Waals surface area contributed by atoms with Gasteiger partial charge in [-0.05, 0) is 28.9 Å². The minimum Gasteiger partial charge on any atom is -0.383 e. The van der Waals surface area contributed by atoms with Crippen LogP contribution in [0.2, 0.25) is 0 Å². The molecular weight excluding hydrogens is 346 g/mol. The van der Waals surface area contributed by atoms with Gasteiger partial charge in [0, 0.05) is 35.6 Å². The third-order valence-corrected chi connectivity index (χ3v) is 4.59. The van der Waals surface area contributed by atoms with E-state index >= 15 is 0 Å². The normalized spacial score (nSPS) is 13.3. The average molecular weight is 360 g/mol. The Morgan fingerprint density at radius 1 is 1.55 bits per heavy atom. The average Bonchev–Trinajstić information content (AvgIpc) is 2.84. The van der Waals surface area contributed by atoms with Crippen molar-refractivity contribution in [1.29, 1.82) is 0 Å². The fraction of sp³-hybridized carbons (Fsp3) is 0.273. The number of anilines is 1. The highest BCUT2D eigenvalue weighted by atomic mass is 79.9. The van der Waals surface area contributed by atoms with Gasteiger partial charge in [-0.1, -0.05) is 0 Å². The summed E-state index contributed by atoms with van der Waals surface area (Å²) >= 11 is 3.18. The highest BCUT2D eigenvalue weighted by molar-refractivity contribution is 9.10. The van der Waals surface area contributed by atoms with E-state index in [1.165, 1.54) is 12.3 Å². The number of imidazole rings is 1. The second kappa shape index (κ2) is 5.90. The number of sulfonamides is 1. The summed E-state index contributed by atoms with van der Waals surface area (Å²) in [4.78, 5) is 7.69. The van der Waals surface area contributed by atoms with E-state index in [1.54, 1.807) is 30.2 Å². The Labute approximate surface area is 125 Å². The van der Waals surface area contributed by atoms with Crippen LogP contribution in [0.25, 0.3) is 0 Å². The molecule has 0 aliphatic heterocycles. The van der Waals surface area contributed by atoms with Crippen LogP contribution in [0, 0.1) is 0 Å². The van der Waals surface area contributed by atoms with Crippen molar-refractivity contribution in [1.82, 2.24) is 19.3 Å². The Hall–Kier alpha value is -1.45. The molecule has 0 amide bonds. The predicted octanol–water partition coefficient (Wildman–Crippen LogP) is 0.990. The summed E-state index contributed by atoms with van der Waals surface area (Å²) < 4.78 is 29.4. The molecule has 0 saturated heterocycles. The first-order chi connectivity index (χ1) is 9.38. The molecule has 2 rings (SSSR count). The van der Waals surface area contributed by atoms with Crippen LogP contribution in [0.1, 0.15) is 6.92 Å². The highest BCUT2D eigenvalue weighted by Crippen LogP contribution is 2.20. The smallest absolute Gasteiger partial charge is 0.244 e. The molecule has 1 unspecified atom stereocenters. The zero-order valence-electron chi connectivity index (χ0n) is 10.7. The molecule has 0 aliphatic rings. The molecule has 0 spiro atoms. The second-order valence-corrected chi connectivity index (χ2v) is 6.92. The number of hydrogen-bond donors (Lipinski definition) is 2. The van der Waals surface area contributed by atoms with Crippen molar-refractivity contribution < 1.29 is 8.42 Å². The summed E-state index contributed by atoms with van der Waals surface area (Å²) in [5.41, 5.74) is 5.62. The summed E-state index contributed by atoms with van der Waals surface area (Å²) in [5.74, 6) is -0.0319. The molecule has 2 aromatic heterocycles. The molecule has 0 bridgehead atoms. The van der Waals surface area contributed by atoms with E-state index in [2.05, 4.69) is 30.6 Å². The van der Waals surface area contributed by atoms with Gasteiger partial charge in [-0.2, -0.15) is 0 Å². The molecule has 0 saturated carbocycles. The zero-order valence-corrected chi connectivity index (χ0v) is 13.1. The van der Waals surface area contributed by atoms with E-state index in [4.69, 9.17) is 5.73 Å². The summed E-state index contributed by atoms with van der Waals surface area (Å²) in [6.45, 7) is 2.24. The molecule has 20 heavy (non-hydrogen) atoms. The van der Waals surface area contributed by atoms with Crippen LogP contribution >= 0.6 is 15.9 Å². The Balaban J connectivity index is 2.16. The number of nitrogens with two attached hydrogens (primary N) is 1. The Morgan fingerprint density at radius 3 is 2.95 bits per heavy atom. The van der Waals surface area contributed by atoms with Crippen LogP contribution in [-0.4, -0.2) is 29.0 Å². The Kier molecular flexibility index (Phi) is 4.41. The van der Waals surface area contributed by atoms with Crippen molar-refractivity contribution in [3.05, 3.63) is 35.5 Å². The lowest BCUT2D eigenvalue weighted by Gasteiger charge is -2.15. The van der Waals surface area contributed by atoms with E-state index in [0.29, 0.717) is 11.0 Å². The van der Waals surface area contributed by atoms with Crippen molar-refractivity contribution in [3.63, 3.8) is 0 Å². The number of aromatic nitrogens is 3. The third kappa shape index (κ3) is 3.56. The van der Waals surface area contributed by atoms with Crippen molar-refractivity contribution in [2.24, 2.45) is 0 Å². The molecule has 0 aliphatic carbocycles. The lowest BCUT2D eigenvalue weighted by Crippen LogP contribution is -2.35. The molecule has 0 aromatic carbocycles. The van der Waals surface area contributed by atoms with Crippen molar-refractivity contribution in [2.75, 3.05) is 5.73 Å². The maximum atomic E-state index is 12.3. The first kappa shape index (κ1) is 14.9. The van der Waals surface area contributed by atoms with Gasteiger partial charge in [-0.25, -0.2) is 23.1 Å². The van der Waals surface area contributed by atoms with Crippen molar-refractivity contribution in [3.8, 4) is 0 Å². The molecule has 2 heterocycles. The Bertz CT molecular complexity index is 687. The van der Waals surface area contributed by atoms with Gasteiger partial charge in [0.1, 0.15) is 10.7 Å². The lowest BCUT2D eigenvalue weighted by atomic mass is 10.4. The topological polar surface area (TPSA) is 103 Å². The van der Waals surface area contributed by atoms with E-state index in [0.717, 1.165) is 0 Å². The largest absolute Gasteiger partial charge is 0.383 e. The molecule has 0 fully saturated rings. The van der Waals surface area contributed by atoms with E-state index in [9.17, 15) is 8.42 Å². The van der Waals surface area contributed by atoms with Gasteiger partial charge in [0.25, 0.3) is 0 Å². The van der Waals surface area contributed by atoms with E-state index < -0.39 is 10.0 Å². The molecule has 7 nitrogen and oxygen atoms in total. The highest BCUT2D eigenvalue weighted by Gasteiger charge is 2.21. The number of pyridine rings is 1. The monoisotopic (exact) mass is 359 g/mol. The second-order valence-electron chi connectivity index (χ2n) is 4.32. The minimum atomic E-state index is -3.72. The molecule has 3 N–H and O–H groups in total. The van der Waals surface area contributed by atoms with Crippen LogP contribution in [0.4, 0.5) is 5.82 Å². The molecule has 108 valence electrons.